The van der Waals surface area contributed by atoms with E-state index in [1.165, 1.54) is 0 Å². The van der Waals surface area contributed by atoms with Crippen molar-refractivity contribution >= 4 is 36.0 Å². The summed E-state index contributed by atoms with van der Waals surface area (Å²) in [5, 5.41) is 9.68. The first-order valence-corrected chi connectivity index (χ1v) is 11.5. The number of guanidine groups is 1. The standard InChI is InChI=1S/C22H44N4O4.HI/c1-7-22(8-2,26-20(27)30-21(4,5)6)17-25-19(23-9-3)24-13-10-14-29-18-11-15-28-16-12-18;/h18H,7-17H2,1-6H3,(H,26,27)(H2,23,24,25);1H. The minimum atomic E-state index is -0.524. The van der Waals surface area contributed by atoms with Crippen LogP contribution in [0.25, 0.3) is 0 Å². The summed E-state index contributed by atoms with van der Waals surface area (Å²) in [6.07, 6.45) is 4.34. The highest BCUT2D eigenvalue weighted by Gasteiger charge is 2.30. The lowest BCUT2D eigenvalue weighted by atomic mass is 9.93. The molecule has 9 heteroatoms. The molecular weight excluding hydrogens is 511 g/mol. The van der Waals surface area contributed by atoms with Crippen LogP contribution in [0.15, 0.2) is 4.99 Å². The van der Waals surface area contributed by atoms with Crippen molar-refractivity contribution in [2.45, 2.75) is 90.9 Å². The second-order valence-corrected chi connectivity index (χ2v) is 8.77. The predicted octanol–water partition coefficient (Wildman–Crippen LogP) is 3.83. The van der Waals surface area contributed by atoms with Crippen LogP contribution in [0.1, 0.15) is 73.6 Å². The number of halogens is 1. The van der Waals surface area contributed by atoms with Crippen molar-refractivity contribution in [2.75, 3.05) is 39.5 Å². The molecule has 3 N–H and O–H groups in total. The van der Waals surface area contributed by atoms with E-state index in [1.54, 1.807) is 0 Å². The molecule has 184 valence electrons. The molecule has 1 aliphatic heterocycles. The number of ether oxygens (including phenoxy) is 3. The van der Waals surface area contributed by atoms with Gasteiger partial charge >= 0.3 is 6.09 Å². The molecule has 0 spiro atoms. The highest BCUT2D eigenvalue weighted by molar-refractivity contribution is 14.0. The molecule has 31 heavy (non-hydrogen) atoms. The third kappa shape index (κ3) is 13.4. The minimum absolute atomic E-state index is 0. The molecule has 0 aromatic heterocycles. The zero-order valence-corrected chi connectivity index (χ0v) is 22.7. The molecule has 0 radical (unpaired) electrons. The van der Waals surface area contributed by atoms with Gasteiger partial charge in [-0.15, -0.1) is 24.0 Å². The molecule has 1 amide bonds. The van der Waals surface area contributed by atoms with Crippen molar-refractivity contribution in [1.82, 2.24) is 16.0 Å². The summed E-state index contributed by atoms with van der Waals surface area (Å²) in [6, 6.07) is 0. The zero-order valence-electron chi connectivity index (χ0n) is 20.3. The maximum absolute atomic E-state index is 12.3. The summed E-state index contributed by atoms with van der Waals surface area (Å²) in [4.78, 5) is 17.0. The molecule has 8 nitrogen and oxygen atoms in total. The molecule has 0 atom stereocenters. The Morgan fingerprint density at radius 2 is 1.74 bits per heavy atom. The van der Waals surface area contributed by atoms with E-state index in [0.717, 1.165) is 71.0 Å². The van der Waals surface area contributed by atoms with E-state index in [9.17, 15) is 4.79 Å². The van der Waals surface area contributed by atoms with E-state index in [0.29, 0.717) is 12.6 Å². The lowest BCUT2D eigenvalue weighted by molar-refractivity contribution is -0.0320. The Morgan fingerprint density at radius 3 is 2.29 bits per heavy atom. The minimum Gasteiger partial charge on any atom is -0.444 e. The Hall–Kier alpha value is -0.810. The first kappa shape index (κ1) is 30.2. The fraction of sp³-hybridized carbons (Fsp3) is 0.909. The van der Waals surface area contributed by atoms with Crippen molar-refractivity contribution < 1.29 is 19.0 Å². The van der Waals surface area contributed by atoms with Crippen LogP contribution < -0.4 is 16.0 Å². The molecule has 1 aliphatic rings. The van der Waals surface area contributed by atoms with Gasteiger partial charge in [0.25, 0.3) is 0 Å². The highest BCUT2D eigenvalue weighted by atomic mass is 127. The average molecular weight is 557 g/mol. The summed E-state index contributed by atoms with van der Waals surface area (Å²) < 4.78 is 16.7. The Balaban J connectivity index is 0.00000900. The van der Waals surface area contributed by atoms with Crippen LogP contribution in [-0.4, -0.2) is 68.8 Å². The summed E-state index contributed by atoms with van der Waals surface area (Å²) in [5.74, 6) is 0.751. The first-order valence-electron chi connectivity index (χ1n) is 11.5. The monoisotopic (exact) mass is 556 g/mol. The Labute approximate surface area is 206 Å². The number of hydrogen-bond donors (Lipinski definition) is 3. The fourth-order valence-electron chi connectivity index (χ4n) is 3.15. The van der Waals surface area contributed by atoms with Crippen molar-refractivity contribution in [2.24, 2.45) is 4.99 Å². The molecule has 1 heterocycles. The van der Waals surface area contributed by atoms with E-state index >= 15 is 0 Å². The molecule has 0 aliphatic carbocycles. The average Bonchev–Trinajstić information content (AvgIpc) is 2.70. The van der Waals surface area contributed by atoms with Crippen LogP contribution in [0, 0.1) is 0 Å². The molecule has 0 unspecified atom stereocenters. The number of rotatable bonds is 11. The van der Waals surface area contributed by atoms with E-state index in [1.807, 2.05) is 27.7 Å². The van der Waals surface area contributed by atoms with Gasteiger partial charge in [0.15, 0.2) is 5.96 Å². The molecule has 0 bridgehead atoms. The SMILES string of the molecule is CCNC(=NCC(CC)(CC)NC(=O)OC(C)(C)C)NCCCOC1CCOCC1.I. The fourth-order valence-corrected chi connectivity index (χ4v) is 3.15. The van der Waals surface area contributed by atoms with Crippen molar-refractivity contribution in [1.29, 1.82) is 0 Å². The maximum atomic E-state index is 12.3. The summed E-state index contributed by atoms with van der Waals surface area (Å²) in [7, 11) is 0. The molecule has 1 rings (SSSR count). The van der Waals surface area contributed by atoms with Gasteiger partial charge in [0.2, 0.25) is 0 Å². The van der Waals surface area contributed by atoms with Gasteiger partial charge in [0, 0.05) is 32.9 Å². The largest absolute Gasteiger partial charge is 0.444 e. The van der Waals surface area contributed by atoms with Crippen LogP contribution >= 0.6 is 24.0 Å². The third-order valence-electron chi connectivity index (χ3n) is 5.14. The van der Waals surface area contributed by atoms with Crippen LogP contribution in [0.4, 0.5) is 4.79 Å². The lowest BCUT2D eigenvalue weighted by Gasteiger charge is -2.32. The first-order chi connectivity index (χ1) is 14.2. The van der Waals surface area contributed by atoms with Crippen molar-refractivity contribution in [3.63, 3.8) is 0 Å². The number of amides is 1. The summed E-state index contributed by atoms with van der Waals surface area (Å²) in [5.41, 5.74) is -0.958. The number of nitrogens with one attached hydrogen (secondary N) is 3. The molecular formula is C22H45IN4O4. The number of nitrogens with zero attached hydrogens (tertiary/aromatic N) is 1. The van der Waals surface area contributed by atoms with Crippen LogP contribution in [0.2, 0.25) is 0 Å². The van der Waals surface area contributed by atoms with Gasteiger partial charge < -0.3 is 30.2 Å². The third-order valence-corrected chi connectivity index (χ3v) is 5.14. The predicted molar refractivity (Wildman–Crippen MR) is 136 cm³/mol. The van der Waals surface area contributed by atoms with Gasteiger partial charge in [0.1, 0.15) is 5.60 Å². The topological polar surface area (TPSA) is 93.2 Å². The molecule has 1 fully saturated rings. The second kappa shape index (κ2) is 15.9. The molecule has 0 aromatic rings. The smallest absolute Gasteiger partial charge is 0.408 e. The Kier molecular flexibility index (Phi) is 15.5. The van der Waals surface area contributed by atoms with E-state index in [4.69, 9.17) is 19.2 Å². The highest BCUT2D eigenvalue weighted by Crippen LogP contribution is 2.17. The van der Waals surface area contributed by atoms with E-state index < -0.39 is 17.2 Å². The number of alkyl carbamates (subject to hydrolysis) is 1. The van der Waals surface area contributed by atoms with Crippen LogP contribution in [0.3, 0.4) is 0 Å². The Bertz CT molecular complexity index is 516. The second-order valence-electron chi connectivity index (χ2n) is 8.77. The zero-order chi connectivity index (χ0) is 22.5. The van der Waals surface area contributed by atoms with Crippen molar-refractivity contribution in [3.05, 3.63) is 0 Å². The normalized spacial score (nSPS) is 15.7. The Morgan fingerprint density at radius 1 is 1.10 bits per heavy atom. The lowest BCUT2D eigenvalue weighted by Crippen LogP contribution is -2.52. The van der Waals surface area contributed by atoms with Gasteiger partial charge in [-0.25, -0.2) is 4.79 Å². The maximum Gasteiger partial charge on any atom is 0.408 e. The van der Waals surface area contributed by atoms with E-state index in [-0.39, 0.29) is 24.0 Å². The van der Waals surface area contributed by atoms with Gasteiger partial charge in [-0.05, 0) is 59.8 Å². The quantitative estimate of drug-likeness (QED) is 0.155. The van der Waals surface area contributed by atoms with Gasteiger partial charge in [-0.1, -0.05) is 13.8 Å². The summed E-state index contributed by atoms with van der Waals surface area (Å²) in [6.45, 7) is 16.1. The summed E-state index contributed by atoms with van der Waals surface area (Å²) >= 11 is 0. The van der Waals surface area contributed by atoms with Crippen molar-refractivity contribution in [3.8, 4) is 0 Å². The van der Waals surface area contributed by atoms with E-state index in [2.05, 4.69) is 29.8 Å². The number of carbonyl (C=O) groups excluding carboxylic acids is 1. The molecule has 0 aromatic carbocycles. The number of hydrogen-bond acceptors (Lipinski definition) is 5. The molecule has 1 saturated heterocycles. The van der Waals surface area contributed by atoms with Gasteiger partial charge in [0.05, 0.1) is 18.2 Å². The van der Waals surface area contributed by atoms with Gasteiger partial charge in [-0.3, -0.25) is 4.99 Å². The number of aliphatic imine (C=N–C) groups is 1. The van der Waals surface area contributed by atoms with Crippen LogP contribution in [0.5, 0.6) is 0 Å². The van der Waals surface area contributed by atoms with Gasteiger partial charge in [-0.2, -0.15) is 0 Å². The van der Waals surface area contributed by atoms with Crippen LogP contribution in [-0.2, 0) is 14.2 Å². The number of carbonyl (C=O) groups is 1. The molecule has 0 saturated carbocycles.